The fourth-order valence-corrected chi connectivity index (χ4v) is 1.90. The van der Waals surface area contributed by atoms with Crippen molar-refractivity contribution in [1.29, 1.82) is 0 Å². The number of halogens is 4. The normalized spacial score (nSPS) is 11.4. The third-order valence-electron chi connectivity index (χ3n) is 2.05. The van der Waals surface area contributed by atoms with Crippen molar-refractivity contribution in [2.24, 2.45) is 5.73 Å². The predicted molar refractivity (Wildman–Crippen MR) is 69.4 cm³/mol. The first-order chi connectivity index (χ1) is 7.70. The zero-order valence-corrected chi connectivity index (χ0v) is 11.3. The average Bonchev–Trinajstić information content (AvgIpc) is 2.14. The summed E-state index contributed by atoms with van der Waals surface area (Å²) in [5, 5.41) is 0. The third kappa shape index (κ3) is 4.16. The maximum atomic E-state index is 12.3. The zero-order valence-electron chi connectivity index (χ0n) is 8.88. The molecule has 1 rings (SSSR count). The number of nitrogens with two attached hydrogens (primary N) is 1. The maximum Gasteiger partial charge on any atom is 0.405 e. The second kappa shape index (κ2) is 5.22. The minimum absolute atomic E-state index is 0.0709. The molecule has 0 saturated heterocycles. The van der Waals surface area contributed by atoms with Crippen LogP contribution in [0.1, 0.15) is 5.56 Å². The first-order valence-electron chi connectivity index (χ1n) is 4.58. The van der Waals surface area contributed by atoms with Gasteiger partial charge in [-0.25, -0.2) is 0 Å². The first-order valence-corrected chi connectivity index (χ1v) is 5.78. The molecule has 94 valence electrons. The zero-order chi connectivity index (χ0) is 13.2. The molecule has 0 aromatic heterocycles. The van der Waals surface area contributed by atoms with Crippen LogP contribution in [0.25, 0.3) is 0 Å². The molecule has 0 radical (unpaired) electrons. The van der Waals surface area contributed by atoms with Crippen molar-refractivity contribution in [2.45, 2.75) is 6.18 Å². The summed E-state index contributed by atoms with van der Waals surface area (Å²) >= 11 is 8.01. The largest absolute Gasteiger partial charge is 0.405 e. The van der Waals surface area contributed by atoms with Gasteiger partial charge in [-0.3, -0.25) is 0 Å². The van der Waals surface area contributed by atoms with E-state index in [1.54, 1.807) is 18.2 Å². The molecule has 2 nitrogen and oxygen atoms in total. The Morgan fingerprint density at radius 3 is 2.53 bits per heavy atom. The van der Waals surface area contributed by atoms with E-state index in [4.69, 9.17) is 18.0 Å². The van der Waals surface area contributed by atoms with Crippen LogP contribution in [-0.4, -0.2) is 24.8 Å². The lowest BCUT2D eigenvalue weighted by Gasteiger charge is -2.23. The Morgan fingerprint density at radius 1 is 1.47 bits per heavy atom. The van der Waals surface area contributed by atoms with Gasteiger partial charge in [-0.15, -0.1) is 0 Å². The minimum atomic E-state index is -4.27. The summed E-state index contributed by atoms with van der Waals surface area (Å²) in [5.41, 5.74) is 6.25. The summed E-state index contributed by atoms with van der Waals surface area (Å²) in [7, 11) is 1.34. The Bertz CT molecular complexity index is 434. The van der Waals surface area contributed by atoms with Crippen molar-refractivity contribution >= 4 is 38.8 Å². The quantitative estimate of drug-likeness (QED) is 0.865. The van der Waals surface area contributed by atoms with Gasteiger partial charge in [-0.1, -0.05) is 28.1 Å². The van der Waals surface area contributed by atoms with Crippen molar-refractivity contribution < 1.29 is 13.2 Å². The Hall–Kier alpha value is -0.820. The van der Waals surface area contributed by atoms with Crippen molar-refractivity contribution in [3.63, 3.8) is 0 Å². The monoisotopic (exact) mass is 326 g/mol. The van der Waals surface area contributed by atoms with E-state index in [-0.39, 0.29) is 4.99 Å². The molecule has 17 heavy (non-hydrogen) atoms. The molecule has 0 amide bonds. The van der Waals surface area contributed by atoms with Gasteiger partial charge in [0, 0.05) is 22.8 Å². The van der Waals surface area contributed by atoms with Crippen LogP contribution in [0, 0.1) is 0 Å². The highest BCUT2D eigenvalue weighted by atomic mass is 79.9. The maximum absolute atomic E-state index is 12.3. The van der Waals surface area contributed by atoms with Gasteiger partial charge in [0.25, 0.3) is 0 Å². The van der Waals surface area contributed by atoms with E-state index in [1.807, 2.05) is 0 Å². The molecular formula is C10H10BrF3N2S. The van der Waals surface area contributed by atoms with Crippen LogP contribution in [0.3, 0.4) is 0 Å². The van der Waals surface area contributed by atoms with Crippen LogP contribution in [0.15, 0.2) is 22.7 Å². The Morgan fingerprint density at radius 2 is 2.06 bits per heavy atom. The molecule has 1 aromatic carbocycles. The van der Waals surface area contributed by atoms with E-state index < -0.39 is 12.7 Å². The molecule has 1 aromatic rings. The van der Waals surface area contributed by atoms with Gasteiger partial charge in [0.15, 0.2) is 0 Å². The summed E-state index contributed by atoms with van der Waals surface area (Å²) in [6.07, 6.45) is -4.27. The van der Waals surface area contributed by atoms with Crippen molar-refractivity contribution in [3.05, 3.63) is 28.2 Å². The molecule has 0 atom stereocenters. The summed E-state index contributed by atoms with van der Waals surface area (Å²) in [6.45, 7) is -1.06. The minimum Gasteiger partial charge on any atom is -0.389 e. The molecule has 0 bridgehead atoms. The number of benzene rings is 1. The molecule has 7 heteroatoms. The van der Waals surface area contributed by atoms with Crippen LogP contribution in [0.5, 0.6) is 0 Å². The Balaban J connectivity index is 3.10. The molecule has 0 aliphatic carbocycles. The van der Waals surface area contributed by atoms with Crippen LogP contribution in [0.4, 0.5) is 18.9 Å². The van der Waals surface area contributed by atoms with Crippen LogP contribution >= 0.6 is 28.1 Å². The van der Waals surface area contributed by atoms with Gasteiger partial charge in [0.1, 0.15) is 11.5 Å². The highest BCUT2D eigenvalue weighted by molar-refractivity contribution is 9.10. The summed E-state index contributed by atoms with van der Waals surface area (Å²) < 4.78 is 37.6. The molecule has 2 N–H and O–H groups in total. The van der Waals surface area contributed by atoms with E-state index in [2.05, 4.69) is 15.9 Å². The summed E-state index contributed by atoms with van der Waals surface area (Å²) in [5.74, 6) is 0. The van der Waals surface area contributed by atoms with Crippen molar-refractivity contribution in [2.75, 3.05) is 18.5 Å². The molecule has 0 aliphatic heterocycles. The highest BCUT2D eigenvalue weighted by Crippen LogP contribution is 2.27. The Kier molecular flexibility index (Phi) is 4.37. The van der Waals surface area contributed by atoms with Gasteiger partial charge in [-0.2, -0.15) is 13.2 Å². The first kappa shape index (κ1) is 14.2. The molecule has 0 saturated carbocycles. The van der Waals surface area contributed by atoms with E-state index in [0.717, 1.165) is 4.90 Å². The second-order valence-electron chi connectivity index (χ2n) is 3.50. The molecule has 0 fully saturated rings. The highest BCUT2D eigenvalue weighted by Gasteiger charge is 2.30. The van der Waals surface area contributed by atoms with E-state index in [9.17, 15) is 13.2 Å². The topological polar surface area (TPSA) is 29.3 Å². The number of hydrogen-bond donors (Lipinski definition) is 1. The lowest BCUT2D eigenvalue weighted by molar-refractivity contribution is -0.119. The average molecular weight is 327 g/mol. The second-order valence-corrected chi connectivity index (χ2v) is 4.85. The van der Waals surface area contributed by atoms with Crippen molar-refractivity contribution in [3.8, 4) is 0 Å². The fraction of sp³-hybridized carbons (Fsp3) is 0.300. The van der Waals surface area contributed by atoms with Crippen LogP contribution in [0.2, 0.25) is 0 Å². The molecular weight excluding hydrogens is 317 g/mol. The standard InChI is InChI=1S/C10H10BrF3N2S/c1-16(5-10(12,13)14)8-4-6(11)2-3-7(8)9(15)17/h2-4H,5H2,1H3,(H2,15,17). The summed E-state index contributed by atoms with van der Waals surface area (Å²) in [4.78, 5) is 1.14. The Labute approximate surface area is 111 Å². The number of hydrogen-bond acceptors (Lipinski definition) is 2. The van der Waals surface area contributed by atoms with E-state index in [1.165, 1.54) is 7.05 Å². The fourth-order valence-electron chi connectivity index (χ4n) is 1.38. The number of alkyl halides is 3. The van der Waals surface area contributed by atoms with Gasteiger partial charge in [-0.05, 0) is 18.2 Å². The molecule has 0 unspecified atom stereocenters. The van der Waals surface area contributed by atoms with Gasteiger partial charge < -0.3 is 10.6 Å². The molecule has 0 spiro atoms. The van der Waals surface area contributed by atoms with Gasteiger partial charge in [0.2, 0.25) is 0 Å². The number of nitrogens with zero attached hydrogens (tertiary/aromatic N) is 1. The lowest BCUT2D eigenvalue weighted by Crippen LogP contribution is -2.32. The van der Waals surface area contributed by atoms with Gasteiger partial charge in [0.05, 0.1) is 0 Å². The third-order valence-corrected chi connectivity index (χ3v) is 2.77. The van der Waals surface area contributed by atoms with E-state index in [0.29, 0.717) is 15.7 Å². The SMILES string of the molecule is CN(CC(F)(F)F)c1cc(Br)ccc1C(N)=S. The predicted octanol–water partition coefficient (Wildman–Crippen LogP) is 3.08. The summed E-state index contributed by atoms with van der Waals surface area (Å²) in [6, 6.07) is 4.83. The lowest BCUT2D eigenvalue weighted by atomic mass is 10.1. The molecule has 0 aliphatic rings. The van der Waals surface area contributed by atoms with Gasteiger partial charge >= 0.3 is 6.18 Å². The van der Waals surface area contributed by atoms with E-state index >= 15 is 0 Å². The number of anilines is 1. The molecule has 0 heterocycles. The van der Waals surface area contributed by atoms with Crippen LogP contribution < -0.4 is 10.6 Å². The smallest absolute Gasteiger partial charge is 0.389 e. The number of rotatable bonds is 3. The van der Waals surface area contributed by atoms with Crippen molar-refractivity contribution in [1.82, 2.24) is 0 Å². The van der Waals surface area contributed by atoms with Crippen LogP contribution in [-0.2, 0) is 0 Å². The number of thiocarbonyl (C=S) groups is 1.